The molecular formula is C18H18Cl2N2O3. The molecule has 0 fully saturated rings. The van der Waals surface area contributed by atoms with E-state index in [-0.39, 0.29) is 6.03 Å². The van der Waals surface area contributed by atoms with E-state index in [0.29, 0.717) is 40.4 Å². The summed E-state index contributed by atoms with van der Waals surface area (Å²) in [6.45, 7) is 4.85. The van der Waals surface area contributed by atoms with Gasteiger partial charge in [0, 0.05) is 0 Å². The van der Waals surface area contributed by atoms with Gasteiger partial charge in [0.05, 0.1) is 21.3 Å². The van der Waals surface area contributed by atoms with Crippen molar-refractivity contribution in [2.75, 3.05) is 18.5 Å². The van der Waals surface area contributed by atoms with Crippen LogP contribution in [-0.2, 0) is 5.54 Å². The fourth-order valence-corrected chi connectivity index (χ4v) is 2.89. The molecule has 2 amide bonds. The molecule has 0 aromatic heterocycles. The number of amides is 2. The van der Waals surface area contributed by atoms with Crippen LogP contribution in [0.25, 0.3) is 0 Å². The molecule has 0 aliphatic carbocycles. The molecule has 7 heteroatoms. The quantitative estimate of drug-likeness (QED) is 0.801. The van der Waals surface area contributed by atoms with Crippen LogP contribution in [0.2, 0.25) is 10.0 Å². The Bertz CT molecular complexity index is 809. The average molecular weight is 381 g/mol. The van der Waals surface area contributed by atoms with Gasteiger partial charge in [-0.25, -0.2) is 4.79 Å². The average Bonchev–Trinajstić information content (AvgIpc) is 2.58. The Kier molecular flexibility index (Phi) is 4.97. The molecule has 0 saturated heterocycles. The molecule has 0 unspecified atom stereocenters. The molecule has 2 aromatic carbocycles. The Labute approximate surface area is 156 Å². The SMILES string of the molecule is CC(C)(NC(=O)Nc1cccc(Cl)c1Cl)c1ccc2c(c1)OCCO2. The molecule has 132 valence electrons. The number of hydrogen-bond acceptors (Lipinski definition) is 3. The summed E-state index contributed by atoms with van der Waals surface area (Å²) in [7, 11) is 0. The minimum Gasteiger partial charge on any atom is -0.486 e. The first-order valence-corrected chi connectivity index (χ1v) is 8.56. The number of rotatable bonds is 3. The summed E-state index contributed by atoms with van der Waals surface area (Å²) in [5.74, 6) is 1.39. The van der Waals surface area contributed by atoms with Crippen LogP contribution in [0.5, 0.6) is 11.5 Å². The third-order valence-electron chi connectivity index (χ3n) is 3.89. The summed E-state index contributed by atoms with van der Waals surface area (Å²) in [6.07, 6.45) is 0. The minimum absolute atomic E-state index is 0.302. The Morgan fingerprint density at radius 1 is 1.08 bits per heavy atom. The molecular weight excluding hydrogens is 363 g/mol. The summed E-state index contributed by atoms with van der Waals surface area (Å²) < 4.78 is 11.1. The first-order valence-electron chi connectivity index (χ1n) is 7.80. The van der Waals surface area contributed by atoms with Crippen molar-refractivity contribution in [2.24, 2.45) is 0 Å². The second kappa shape index (κ2) is 7.02. The number of ether oxygens (including phenoxy) is 2. The molecule has 0 saturated carbocycles. The van der Waals surface area contributed by atoms with E-state index in [9.17, 15) is 4.79 Å². The van der Waals surface area contributed by atoms with Gasteiger partial charge in [-0.2, -0.15) is 0 Å². The largest absolute Gasteiger partial charge is 0.486 e. The van der Waals surface area contributed by atoms with Gasteiger partial charge < -0.3 is 20.1 Å². The van der Waals surface area contributed by atoms with Crippen molar-refractivity contribution < 1.29 is 14.3 Å². The van der Waals surface area contributed by atoms with Gasteiger partial charge in [-0.1, -0.05) is 35.3 Å². The number of anilines is 1. The zero-order valence-corrected chi connectivity index (χ0v) is 15.4. The number of fused-ring (bicyclic) bond motifs is 1. The lowest BCUT2D eigenvalue weighted by Crippen LogP contribution is -2.43. The van der Waals surface area contributed by atoms with Crippen LogP contribution in [0.15, 0.2) is 36.4 Å². The number of carbonyl (C=O) groups excluding carboxylic acids is 1. The van der Waals surface area contributed by atoms with Crippen LogP contribution in [0.4, 0.5) is 10.5 Å². The van der Waals surface area contributed by atoms with Crippen LogP contribution in [0.1, 0.15) is 19.4 Å². The van der Waals surface area contributed by atoms with Crippen LogP contribution >= 0.6 is 23.2 Å². The van der Waals surface area contributed by atoms with E-state index in [1.54, 1.807) is 18.2 Å². The van der Waals surface area contributed by atoms with Crippen LogP contribution in [0.3, 0.4) is 0 Å². The molecule has 2 aromatic rings. The highest BCUT2D eigenvalue weighted by atomic mass is 35.5. The molecule has 3 rings (SSSR count). The fraction of sp³-hybridized carbons (Fsp3) is 0.278. The fourth-order valence-electron chi connectivity index (χ4n) is 2.54. The van der Waals surface area contributed by atoms with Gasteiger partial charge in [0.1, 0.15) is 13.2 Å². The molecule has 0 atom stereocenters. The van der Waals surface area contributed by atoms with Crippen molar-refractivity contribution in [2.45, 2.75) is 19.4 Å². The predicted molar refractivity (Wildman–Crippen MR) is 99.1 cm³/mol. The standard InChI is InChI=1S/C18H18Cl2N2O3/c1-18(2,11-6-7-14-15(10-11)25-9-8-24-14)22-17(23)21-13-5-3-4-12(19)16(13)20/h3-7,10H,8-9H2,1-2H3,(H2,21,22,23). The monoisotopic (exact) mass is 380 g/mol. The lowest BCUT2D eigenvalue weighted by atomic mass is 9.94. The third-order valence-corrected chi connectivity index (χ3v) is 4.71. The van der Waals surface area contributed by atoms with Gasteiger partial charge in [0.15, 0.2) is 11.5 Å². The summed E-state index contributed by atoms with van der Waals surface area (Å²) in [5, 5.41) is 6.33. The Morgan fingerprint density at radius 2 is 1.80 bits per heavy atom. The van der Waals surface area contributed by atoms with Gasteiger partial charge in [0.2, 0.25) is 0 Å². The van der Waals surface area contributed by atoms with Crippen LogP contribution < -0.4 is 20.1 Å². The highest BCUT2D eigenvalue weighted by molar-refractivity contribution is 6.43. The zero-order valence-electron chi connectivity index (χ0n) is 13.9. The van der Waals surface area contributed by atoms with E-state index in [0.717, 1.165) is 5.56 Å². The van der Waals surface area contributed by atoms with E-state index in [1.807, 2.05) is 32.0 Å². The summed E-state index contributed by atoms with van der Waals surface area (Å²) >= 11 is 12.1. The normalized spacial score (nSPS) is 13.3. The lowest BCUT2D eigenvalue weighted by Gasteiger charge is -2.29. The van der Waals surface area contributed by atoms with Gasteiger partial charge in [0.25, 0.3) is 0 Å². The molecule has 0 bridgehead atoms. The van der Waals surface area contributed by atoms with Crippen molar-refractivity contribution >= 4 is 34.9 Å². The number of hydrogen-bond donors (Lipinski definition) is 2. The predicted octanol–water partition coefficient (Wildman–Crippen LogP) is 4.82. The summed E-state index contributed by atoms with van der Waals surface area (Å²) in [4.78, 5) is 12.4. The molecule has 25 heavy (non-hydrogen) atoms. The number of benzene rings is 2. The highest BCUT2D eigenvalue weighted by Gasteiger charge is 2.25. The van der Waals surface area contributed by atoms with Crippen LogP contribution in [0, 0.1) is 0 Å². The summed E-state index contributed by atoms with van der Waals surface area (Å²) in [5.41, 5.74) is 0.707. The van der Waals surface area contributed by atoms with Gasteiger partial charge in [-0.15, -0.1) is 0 Å². The molecule has 1 aliphatic heterocycles. The number of carbonyl (C=O) groups is 1. The Morgan fingerprint density at radius 3 is 2.56 bits per heavy atom. The van der Waals surface area contributed by atoms with E-state index >= 15 is 0 Å². The topological polar surface area (TPSA) is 59.6 Å². The first kappa shape index (κ1) is 17.7. The maximum Gasteiger partial charge on any atom is 0.319 e. The van der Waals surface area contributed by atoms with Gasteiger partial charge in [-0.05, 0) is 43.7 Å². The smallest absolute Gasteiger partial charge is 0.319 e. The zero-order chi connectivity index (χ0) is 18.0. The van der Waals surface area contributed by atoms with Crippen molar-refractivity contribution in [3.63, 3.8) is 0 Å². The second-order valence-electron chi connectivity index (χ2n) is 6.16. The minimum atomic E-state index is -0.634. The number of urea groups is 1. The Hall–Kier alpha value is -2.11. The summed E-state index contributed by atoms with van der Waals surface area (Å²) in [6, 6.07) is 10.3. The molecule has 0 spiro atoms. The lowest BCUT2D eigenvalue weighted by molar-refractivity contribution is 0.171. The van der Waals surface area contributed by atoms with Gasteiger partial charge >= 0.3 is 6.03 Å². The second-order valence-corrected chi connectivity index (χ2v) is 6.95. The first-order chi connectivity index (χ1) is 11.9. The molecule has 1 heterocycles. The third kappa shape index (κ3) is 3.94. The van der Waals surface area contributed by atoms with E-state index in [4.69, 9.17) is 32.7 Å². The van der Waals surface area contributed by atoms with E-state index < -0.39 is 5.54 Å². The van der Waals surface area contributed by atoms with Crippen molar-refractivity contribution in [3.05, 3.63) is 52.0 Å². The number of nitrogens with one attached hydrogen (secondary N) is 2. The Balaban J connectivity index is 1.74. The van der Waals surface area contributed by atoms with Crippen molar-refractivity contribution in [3.8, 4) is 11.5 Å². The highest BCUT2D eigenvalue weighted by Crippen LogP contribution is 2.34. The van der Waals surface area contributed by atoms with Gasteiger partial charge in [-0.3, -0.25) is 0 Å². The van der Waals surface area contributed by atoms with E-state index in [1.165, 1.54) is 0 Å². The maximum absolute atomic E-state index is 12.4. The number of halogens is 2. The molecule has 0 radical (unpaired) electrons. The van der Waals surface area contributed by atoms with E-state index in [2.05, 4.69) is 10.6 Å². The maximum atomic E-state index is 12.4. The molecule has 2 N–H and O–H groups in total. The van der Waals surface area contributed by atoms with Crippen molar-refractivity contribution in [1.29, 1.82) is 0 Å². The van der Waals surface area contributed by atoms with Crippen molar-refractivity contribution in [1.82, 2.24) is 5.32 Å². The van der Waals surface area contributed by atoms with Crippen LogP contribution in [-0.4, -0.2) is 19.2 Å². The molecule has 5 nitrogen and oxygen atoms in total. The molecule has 1 aliphatic rings.